The van der Waals surface area contributed by atoms with Gasteiger partial charge < -0.3 is 24.7 Å². The first-order valence-electron chi connectivity index (χ1n) is 13.8. The van der Waals surface area contributed by atoms with E-state index in [9.17, 15) is 9.90 Å². The van der Waals surface area contributed by atoms with Crippen molar-refractivity contribution in [2.75, 3.05) is 45.3 Å². The molecule has 0 saturated heterocycles. The van der Waals surface area contributed by atoms with Crippen LogP contribution in [0.15, 0.2) is 48.6 Å². The van der Waals surface area contributed by atoms with Gasteiger partial charge in [0.25, 0.3) is 0 Å². The lowest BCUT2D eigenvalue weighted by Gasteiger charge is -2.28. The predicted molar refractivity (Wildman–Crippen MR) is 155 cm³/mol. The number of anilines is 1. The van der Waals surface area contributed by atoms with Gasteiger partial charge in [-0.05, 0) is 73.1 Å². The topological polar surface area (TPSA) is 73.2 Å². The Labute approximate surface area is 232 Å². The highest BCUT2D eigenvalue weighted by Gasteiger charge is 2.27. The minimum atomic E-state index is -0.845. The number of aryl methyl sites for hydroxylation is 1. The molecule has 2 aromatic rings. The van der Waals surface area contributed by atoms with Crippen molar-refractivity contribution >= 4 is 23.2 Å². The number of nitrogens with zero attached hydrogens (tertiary/aromatic N) is 2. The Morgan fingerprint density at radius 3 is 2.63 bits per heavy atom. The van der Waals surface area contributed by atoms with Crippen molar-refractivity contribution in [1.82, 2.24) is 4.90 Å². The fourth-order valence-electron chi connectivity index (χ4n) is 5.21. The summed E-state index contributed by atoms with van der Waals surface area (Å²) in [7, 11) is 2.81. The molecule has 0 spiro atoms. The van der Waals surface area contributed by atoms with Crippen LogP contribution in [0.4, 0.5) is 5.69 Å². The van der Waals surface area contributed by atoms with E-state index in [2.05, 4.69) is 36.1 Å². The summed E-state index contributed by atoms with van der Waals surface area (Å²) < 4.78 is 6.37. The Hall–Kier alpha value is -2.54. The number of benzene rings is 2. The van der Waals surface area contributed by atoms with Crippen LogP contribution in [0.2, 0.25) is 5.02 Å². The zero-order valence-electron chi connectivity index (χ0n) is 23.0. The van der Waals surface area contributed by atoms with E-state index in [1.165, 1.54) is 11.1 Å². The normalized spacial score (nSPS) is 21.6. The van der Waals surface area contributed by atoms with Gasteiger partial charge in [-0.15, -0.1) is 0 Å². The molecule has 208 valence electrons. The lowest BCUT2D eigenvalue weighted by Crippen LogP contribution is -2.30. The maximum Gasteiger partial charge on any atom is 0.225 e. The number of hydrogen-bond donors (Lipinski definition) is 2. The molecule has 2 heterocycles. The van der Waals surface area contributed by atoms with Gasteiger partial charge in [-0.1, -0.05) is 49.2 Å². The average molecular weight is 543 g/mol. The van der Waals surface area contributed by atoms with Crippen molar-refractivity contribution in [2.45, 2.75) is 63.9 Å². The number of rotatable bonds is 3. The molecule has 2 bridgehead atoms. The quantitative estimate of drug-likeness (QED) is 0.473. The van der Waals surface area contributed by atoms with Gasteiger partial charge in [0.1, 0.15) is 5.75 Å². The summed E-state index contributed by atoms with van der Waals surface area (Å²) >= 11 is 6.34. The van der Waals surface area contributed by atoms with Gasteiger partial charge in [0.05, 0.1) is 24.8 Å². The molecule has 2 atom stereocenters. The molecule has 0 fully saturated rings. The first kappa shape index (κ1) is 30.0. The first-order chi connectivity index (χ1) is 18.5. The molecule has 0 radical (unpaired) electrons. The number of hydrogen-bond acceptors (Lipinski definition) is 5. The minimum Gasteiger partial charge on any atom is -0.491 e. The van der Waals surface area contributed by atoms with Gasteiger partial charge in [-0.2, -0.15) is 0 Å². The molecule has 2 unspecified atom stereocenters. The highest BCUT2D eigenvalue weighted by atomic mass is 35.5. The van der Waals surface area contributed by atoms with Gasteiger partial charge in [0.15, 0.2) is 0 Å². The molecule has 38 heavy (non-hydrogen) atoms. The summed E-state index contributed by atoms with van der Waals surface area (Å²) in [6, 6.07) is 12.1. The number of halogens is 1. The standard InChI is InChI=1S/C30H39ClN2O3.CH4O/c1-3-10-22-17-25(31)12-13-26(22)24-20-33-16-9-7-5-4-6-8-15-32(2)30(35)19-28(34)23-11-14-29(36-21-24)27(33)18-23;1-2/h4,6,11-14,17-18,24,28,34H,3,5,7-10,15-16,19-21H2,1-2H3;2H,1H3/b6-4+;. The van der Waals surface area contributed by atoms with Crippen molar-refractivity contribution in [2.24, 2.45) is 0 Å². The molecule has 0 saturated carbocycles. The third-order valence-electron chi connectivity index (χ3n) is 7.29. The summed E-state index contributed by atoms with van der Waals surface area (Å²) in [5.74, 6) is 1.01. The Bertz CT molecular complexity index is 1070. The second kappa shape index (κ2) is 15.2. The number of amides is 1. The van der Waals surface area contributed by atoms with Crippen LogP contribution in [0, 0.1) is 0 Å². The number of ether oxygens (including phenoxy) is 1. The van der Waals surface area contributed by atoms with Crippen LogP contribution in [0.1, 0.15) is 74.2 Å². The molecule has 2 aliphatic rings. The van der Waals surface area contributed by atoms with E-state index in [-0.39, 0.29) is 18.2 Å². The average Bonchev–Trinajstić information content (AvgIpc) is 3.10. The smallest absolute Gasteiger partial charge is 0.225 e. The summed E-state index contributed by atoms with van der Waals surface area (Å²) in [4.78, 5) is 16.8. The van der Waals surface area contributed by atoms with Gasteiger partial charge in [-0.3, -0.25) is 4.79 Å². The summed E-state index contributed by atoms with van der Waals surface area (Å²) in [5.41, 5.74) is 4.36. The zero-order chi connectivity index (χ0) is 27.5. The molecule has 0 aromatic heterocycles. The molecule has 2 aliphatic heterocycles. The van der Waals surface area contributed by atoms with Gasteiger partial charge in [-0.25, -0.2) is 0 Å². The molecule has 0 aliphatic carbocycles. The third-order valence-corrected chi connectivity index (χ3v) is 7.53. The van der Waals surface area contributed by atoms with Crippen molar-refractivity contribution in [1.29, 1.82) is 0 Å². The maximum absolute atomic E-state index is 12.7. The van der Waals surface area contributed by atoms with E-state index < -0.39 is 6.10 Å². The number of aliphatic hydroxyl groups is 2. The lowest BCUT2D eigenvalue weighted by molar-refractivity contribution is -0.132. The fourth-order valence-corrected chi connectivity index (χ4v) is 5.40. The highest BCUT2D eigenvalue weighted by molar-refractivity contribution is 6.30. The monoisotopic (exact) mass is 542 g/mol. The van der Waals surface area contributed by atoms with E-state index in [1.807, 2.05) is 31.3 Å². The van der Waals surface area contributed by atoms with Crippen LogP contribution < -0.4 is 9.64 Å². The highest BCUT2D eigenvalue weighted by Crippen LogP contribution is 2.38. The number of allylic oxidation sites excluding steroid dienone is 1. The van der Waals surface area contributed by atoms with Crippen LogP contribution in [0.25, 0.3) is 0 Å². The minimum absolute atomic E-state index is 0.0442. The van der Waals surface area contributed by atoms with Crippen LogP contribution in [0.3, 0.4) is 0 Å². The second-order valence-corrected chi connectivity index (χ2v) is 10.5. The predicted octanol–water partition coefficient (Wildman–Crippen LogP) is 5.90. The molecule has 6 nitrogen and oxygen atoms in total. The van der Waals surface area contributed by atoms with E-state index in [0.717, 1.165) is 80.7 Å². The van der Waals surface area contributed by atoms with Gasteiger partial charge >= 0.3 is 0 Å². The maximum atomic E-state index is 12.7. The van der Waals surface area contributed by atoms with Crippen LogP contribution >= 0.6 is 11.6 Å². The summed E-state index contributed by atoms with van der Waals surface area (Å²) in [6.45, 7) is 5.20. The van der Waals surface area contributed by atoms with E-state index >= 15 is 0 Å². The van der Waals surface area contributed by atoms with Crippen molar-refractivity contribution in [3.63, 3.8) is 0 Å². The van der Waals surface area contributed by atoms with Crippen LogP contribution in [-0.2, 0) is 11.2 Å². The molecular formula is C31H43ClN2O4. The van der Waals surface area contributed by atoms with E-state index in [0.29, 0.717) is 13.2 Å². The van der Waals surface area contributed by atoms with Crippen molar-refractivity contribution in [3.8, 4) is 5.75 Å². The SMILES string of the molecule is CCCc1cc(Cl)ccc1C1COc2ccc3cc2N(CCCC/C=C/CCN(C)C(=O)CC3O)C1.CO. The van der Waals surface area contributed by atoms with E-state index in [1.54, 1.807) is 4.90 Å². The number of fused-ring (bicyclic) bond motifs is 1. The second-order valence-electron chi connectivity index (χ2n) is 10.1. The molecule has 4 rings (SSSR count). The first-order valence-corrected chi connectivity index (χ1v) is 14.2. The lowest BCUT2D eigenvalue weighted by atomic mass is 9.92. The Balaban J connectivity index is 0.00000195. The third kappa shape index (κ3) is 7.98. The molecule has 7 heteroatoms. The Morgan fingerprint density at radius 1 is 1.05 bits per heavy atom. The van der Waals surface area contributed by atoms with Gasteiger partial charge in [0.2, 0.25) is 5.91 Å². The van der Waals surface area contributed by atoms with Crippen LogP contribution in [0.5, 0.6) is 5.75 Å². The molecule has 1 amide bonds. The number of carbonyl (C=O) groups is 1. The number of aliphatic hydroxyl groups excluding tert-OH is 2. The molecule has 2 aromatic carbocycles. The summed E-state index contributed by atoms with van der Waals surface area (Å²) in [6.07, 6.45) is 9.73. The van der Waals surface area contributed by atoms with Crippen molar-refractivity contribution in [3.05, 3.63) is 70.3 Å². The Kier molecular flexibility index (Phi) is 12.0. The fraction of sp³-hybridized carbons (Fsp3) is 0.516. The van der Waals surface area contributed by atoms with Gasteiger partial charge in [0, 0.05) is 44.7 Å². The Morgan fingerprint density at radius 2 is 1.84 bits per heavy atom. The van der Waals surface area contributed by atoms with E-state index in [4.69, 9.17) is 21.4 Å². The zero-order valence-corrected chi connectivity index (χ0v) is 23.8. The van der Waals surface area contributed by atoms with Crippen LogP contribution in [-0.4, -0.2) is 61.4 Å². The largest absolute Gasteiger partial charge is 0.491 e. The summed E-state index contributed by atoms with van der Waals surface area (Å²) in [5, 5.41) is 18.7. The van der Waals surface area contributed by atoms with Crippen molar-refractivity contribution < 1.29 is 19.7 Å². The molecule has 2 N–H and O–H groups in total. The number of carbonyl (C=O) groups excluding carboxylic acids is 1. The molecular weight excluding hydrogens is 500 g/mol.